The molecule has 0 aromatic heterocycles. The Morgan fingerprint density at radius 1 is 1.03 bits per heavy atom. The van der Waals surface area contributed by atoms with Gasteiger partial charge in [0.1, 0.15) is 0 Å². The van der Waals surface area contributed by atoms with Crippen LogP contribution < -0.4 is 15.4 Å². The Bertz CT molecular complexity index is 922. The van der Waals surface area contributed by atoms with Gasteiger partial charge < -0.3 is 10.6 Å². The minimum Gasteiger partial charge on any atom is -0.357 e. The third-order valence-corrected chi connectivity index (χ3v) is 5.84. The molecule has 0 saturated heterocycles. The summed E-state index contributed by atoms with van der Waals surface area (Å²) in [6, 6.07) is 12.7. The Morgan fingerprint density at radius 2 is 1.69 bits per heavy atom. The van der Waals surface area contributed by atoms with Gasteiger partial charge in [-0.15, -0.1) is 24.0 Å². The molecule has 0 radical (unpaired) electrons. The molecular weight excluding hydrogens is 546 g/mol. The molecule has 0 spiro atoms. The van der Waals surface area contributed by atoms with Gasteiger partial charge >= 0.3 is 0 Å². The maximum atomic E-state index is 11.6. The maximum Gasteiger partial charge on any atom is 0.215 e. The lowest BCUT2D eigenvalue weighted by Crippen LogP contribution is -2.36. The number of nitrogens with one attached hydrogen (secondary N) is 3. The highest BCUT2D eigenvalue weighted by molar-refractivity contribution is 14.0. The first-order valence-corrected chi connectivity index (χ1v) is 11.2. The van der Waals surface area contributed by atoms with Gasteiger partial charge in [0, 0.05) is 23.1 Å². The van der Waals surface area contributed by atoms with Crippen molar-refractivity contribution in [2.24, 2.45) is 4.99 Å². The van der Waals surface area contributed by atoms with Gasteiger partial charge in [-0.1, -0.05) is 53.5 Å². The Hall–Kier alpha value is -1.07. The monoisotopic (exact) mass is 570 g/mol. The second kappa shape index (κ2) is 12.6. The minimum absolute atomic E-state index is 0. The Morgan fingerprint density at radius 3 is 2.28 bits per heavy atom. The molecule has 0 aliphatic carbocycles. The van der Waals surface area contributed by atoms with Gasteiger partial charge in [0.05, 0.1) is 12.3 Å². The van der Waals surface area contributed by atoms with Gasteiger partial charge in [0.2, 0.25) is 10.0 Å². The van der Waals surface area contributed by atoms with Crippen molar-refractivity contribution in [3.05, 3.63) is 69.2 Å². The highest BCUT2D eigenvalue weighted by Crippen LogP contribution is 2.20. The molecule has 2 aromatic carbocycles. The maximum absolute atomic E-state index is 11.6. The van der Waals surface area contributed by atoms with Gasteiger partial charge in [-0.25, -0.2) is 18.1 Å². The fraction of sp³-hybridized carbons (Fsp3) is 0.316. The smallest absolute Gasteiger partial charge is 0.215 e. The summed E-state index contributed by atoms with van der Waals surface area (Å²) in [5.74, 6) is 0.620. The summed E-state index contributed by atoms with van der Waals surface area (Å²) in [6.07, 6.45) is 0. The van der Waals surface area contributed by atoms with Crippen LogP contribution in [-0.2, 0) is 28.9 Å². The van der Waals surface area contributed by atoms with E-state index in [1.165, 1.54) is 7.05 Å². The zero-order valence-electron chi connectivity index (χ0n) is 16.2. The van der Waals surface area contributed by atoms with Crippen molar-refractivity contribution in [3.63, 3.8) is 0 Å². The zero-order valence-corrected chi connectivity index (χ0v) is 20.9. The number of hydrogen-bond acceptors (Lipinski definition) is 3. The van der Waals surface area contributed by atoms with Gasteiger partial charge in [-0.2, -0.15) is 0 Å². The highest BCUT2D eigenvalue weighted by Gasteiger charge is 2.08. The molecule has 0 unspecified atom stereocenters. The van der Waals surface area contributed by atoms with Crippen molar-refractivity contribution in [2.75, 3.05) is 13.6 Å². The molecule has 10 heteroatoms. The van der Waals surface area contributed by atoms with E-state index in [1.54, 1.807) is 24.3 Å². The fourth-order valence-corrected chi connectivity index (χ4v) is 3.64. The summed E-state index contributed by atoms with van der Waals surface area (Å²) in [6.45, 7) is 3.69. The van der Waals surface area contributed by atoms with Crippen molar-refractivity contribution in [1.29, 1.82) is 0 Å². The molecule has 160 valence electrons. The SMILES string of the molecule is CCNC(=NCc1ccc(CS(=O)(=O)NC)cc1)NCc1ccc(Cl)cc1Cl.I. The number of halogens is 3. The predicted molar refractivity (Wildman–Crippen MR) is 132 cm³/mol. The average molecular weight is 571 g/mol. The van der Waals surface area contributed by atoms with Crippen LogP contribution in [0, 0.1) is 0 Å². The average Bonchev–Trinajstić information content (AvgIpc) is 2.66. The van der Waals surface area contributed by atoms with Crippen LogP contribution in [0.1, 0.15) is 23.6 Å². The molecule has 0 aliphatic heterocycles. The molecule has 29 heavy (non-hydrogen) atoms. The summed E-state index contributed by atoms with van der Waals surface area (Å²) in [4.78, 5) is 4.56. The van der Waals surface area contributed by atoms with E-state index in [1.807, 2.05) is 25.1 Å². The second-order valence-corrected chi connectivity index (χ2v) is 8.83. The van der Waals surface area contributed by atoms with Crippen molar-refractivity contribution < 1.29 is 8.42 Å². The summed E-state index contributed by atoms with van der Waals surface area (Å²) < 4.78 is 25.5. The summed E-state index contributed by atoms with van der Waals surface area (Å²) in [5, 5.41) is 7.62. The lowest BCUT2D eigenvalue weighted by atomic mass is 10.1. The molecule has 0 saturated carbocycles. The van der Waals surface area contributed by atoms with Crippen LogP contribution in [-0.4, -0.2) is 28.0 Å². The van der Waals surface area contributed by atoms with E-state index < -0.39 is 10.0 Å². The van der Waals surface area contributed by atoms with Crippen molar-refractivity contribution in [3.8, 4) is 0 Å². The Labute approximate surface area is 199 Å². The summed E-state index contributed by atoms with van der Waals surface area (Å²) >= 11 is 12.1. The van der Waals surface area contributed by atoms with Gasteiger partial charge in [-0.3, -0.25) is 0 Å². The lowest BCUT2D eigenvalue weighted by Gasteiger charge is -2.12. The number of nitrogens with zero attached hydrogens (tertiary/aromatic N) is 1. The number of sulfonamides is 1. The first kappa shape index (κ1) is 26.0. The Kier molecular flexibility index (Phi) is 11.3. The van der Waals surface area contributed by atoms with Crippen molar-refractivity contribution in [2.45, 2.75) is 25.8 Å². The number of guanidine groups is 1. The van der Waals surface area contributed by atoms with Gasteiger partial charge in [-0.05, 0) is 42.8 Å². The quantitative estimate of drug-likeness (QED) is 0.255. The largest absolute Gasteiger partial charge is 0.357 e. The van der Waals surface area contributed by atoms with E-state index in [4.69, 9.17) is 23.2 Å². The Balaban J connectivity index is 0.00000420. The first-order valence-electron chi connectivity index (χ1n) is 8.78. The molecule has 0 atom stereocenters. The van der Waals surface area contributed by atoms with Gasteiger partial charge in [0.15, 0.2) is 5.96 Å². The van der Waals surface area contributed by atoms with E-state index in [-0.39, 0.29) is 29.7 Å². The predicted octanol–water partition coefficient (Wildman–Crippen LogP) is 3.92. The van der Waals surface area contributed by atoms with E-state index in [9.17, 15) is 8.42 Å². The van der Waals surface area contributed by atoms with Gasteiger partial charge in [0.25, 0.3) is 0 Å². The van der Waals surface area contributed by atoms with Crippen LogP contribution in [0.15, 0.2) is 47.5 Å². The molecule has 3 N–H and O–H groups in total. The zero-order chi connectivity index (χ0) is 20.6. The summed E-state index contributed by atoms with van der Waals surface area (Å²) in [5.41, 5.74) is 2.63. The first-order chi connectivity index (χ1) is 13.3. The molecular formula is C19H25Cl2IN4O2S. The van der Waals surface area contributed by atoms with Crippen LogP contribution >= 0.6 is 47.2 Å². The third kappa shape index (κ3) is 9.08. The van der Waals surface area contributed by atoms with E-state index in [0.29, 0.717) is 29.1 Å². The molecule has 0 heterocycles. The number of rotatable bonds is 8. The van der Waals surface area contributed by atoms with E-state index >= 15 is 0 Å². The van der Waals surface area contributed by atoms with Crippen LogP contribution in [0.3, 0.4) is 0 Å². The van der Waals surface area contributed by atoms with Crippen LogP contribution in [0.25, 0.3) is 0 Å². The van der Waals surface area contributed by atoms with Crippen LogP contribution in [0.5, 0.6) is 0 Å². The molecule has 0 fully saturated rings. The van der Waals surface area contributed by atoms with Crippen molar-refractivity contribution >= 4 is 63.2 Å². The highest BCUT2D eigenvalue weighted by atomic mass is 127. The molecule has 6 nitrogen and oxygen atoms in total. The number of hydrogen-bond donors (Lipinski definition) is 3. The second-order valence-electron chi connectivity index (χ2n) is 6.06. The molecule has 0 aliphatic rings. The standard InChI is InChI=1S/C19H24Cl2N4O2S.HI/c1-3-23-19(25-12-16-8-9-17(20)10-18(16)21)24-11-14-4-6-15(7-5-14)13-28(26,27)22-2;/h4-10,22H,3,11-13H2,1-2H3,(H2,23,24,25);1H. The minimum atomic E-state index is -3.28. The summed E-state index contributed by atoms with van der Waals surface area (Å²) in [7, 11) is -1.87. The third-order valence-electron chi connectivity index (χ3n) is 3.92. The van der Waals surface area contributed by atoms with Crippen molar-refractivity contribution in [1.82, 2.24) is 15.4 Å². The van der Waals surface area contributed by atoms with Crippen LogP contribution in [0.2, 0.25) is 10.0 Å². The van der Waals surface area contributed by atoms with E-state index in [0.717, 1.165) is 23.2 Å². The van der Waals surface area contributed by atoms with E-state index in [2.05, 4.69) is 20.3 Å². The molecule has 0 bridgehead atoms. The number of aliphatic imine (C=N–C) groups is 1. The normalized spacial score (nSPS) is 11.7. The lowest BCUT2D eigenvalue weighted by molar-refractivity contribution is 0.587. The number of benzene rings is 2. The van der Waals surface area contributed by atoms with Crippen LogP contribution in [0.4, 0.5) is 0 Å². The molecule has 2 rings (SSSR count). The molecule has 0 amide bonds. The topological polar surface area (TPSA) is 82.6 Å². The fourth-order valence-electron chi connectivity index (χ4n) is 2.39. The molecule has 2 aromatic rings.